The Kier molecular flexibility index (Phi) is 4.70. The van der Waals surface area contributed by atoms with Crippen LogP contribution in [-0.4, -0.2) is 57.5 Å². The monoisotopic (exact) mass is 368 g/mol. The van der Waals surface area contributed by atoms with Crippen molar-refractivity contribution in [3.8, 4) is 0 Å². The number of aryl methyl sites for hydroxylation is 1. The number of H-pyrrole nitrogens is 1. The van der Waals surface area contributed by atoms with Crippen LogP contribution in [0.15, 0.2) is 40.1 Å². The molecule has 1 aromatic heterocycles. The number of nitrogens with one attached hydrogen (secondary N) is 1. The summed E-state index contributed by atoms with van der Waals surface area (Å²) in [5.41, 5.74) is 2.35. The lowest BCUT2D eigenvalue weighted by Crippen LogP contribution is -2.53. The molecular formula is C20H24N4O3. The summed E-state index contributed by atoms with van der Waals surface area (Å²) in [6, 6.07) is 9.12. The van der Waals surface area contributed by atoms with E-state index >= 15 is 0 Å². The van der Waals surface area contributed by atoms with Gasteiger partial charge in [-0.05, 0) is 30.9 Å². The molecular weight excluding hydrogens is 344 g/mol. The Bertz CT molecular complexity index is 945. The molecule has 0 atom stereocenters. The molecule has 2 heterocycles. The van der Waals surface area contributed by atoms with Gasteiger partial charge in [0, 0.05) is 44.0 Å². The van der Waals surface area contributed by atoms with Crippen molar-refractivity contribution in [2.75, 3.05) is 26.2 Å². The first kappa shape index (κ1) is 17.7. The summed E-state index contributed by atoms with van der Waals surface area (Å²) in [4.78, 5) is 42.4. The molecule has 4 rings (SSSR count). The second-order valence-corrected chi connectivity index (χ2v) is 7.45. The predicted octanol–water partition coefficient (Wildman–Crippen LogP) is 0.157. The van der Waals surface area contributed by atoms with Crippen LogP contribution in [0.1, 0.15) is 16.7 Å². The van der Waals surface area contributed by atoms with Crippen LogP contribution >= 0.6 is 0 Å². The quantitative estimate of drug-likeness (QED) is 0.837. The molecule has 1 amide bonds. The van der Waals surface area contributed by atoms with Crippen LogP contribution < -0.4 is 11.2 Å². The molecule has 2 aromatic rings. The Morgan fingerprint density at radius 3 is 2.33 bits per heavy atom. The Balaban J connectivity index is 1.34. The van der Waals surface area contributed by atoms with Crippen molar-refractivity contribution in [3.63, 3.8) is 0 Å². The number of carbonyl (C=O) groups excluding carboxylic acids is 1. The van der Waals surface area contributed by atoms with Crippen LogP contribution in [0.2, 0.25) is 0 Å². The fourth-order valence-electron chi connectivity index (χ4n) is 4.11. The van der Waals surface area contributed by atoms with E-state index in [1.165, 1.54) is 21.9 Å². The maximum absolute atomic E-state index is 12.6. The molecule has 7 heteroatoms. The zero-order chi connectivity index (χ0) is 19.0. The van der Waals surface area contributed by atoms with Crippen LogP contribution in [0.5, 0.6) is 0 Å². The van der Waals surface area contributed by atoms with Crippen molar-refractivity contribution in [3.05, 3.63) is 68.0 Å². The molecule has 0 unspecified atom stereocenters. The lowest BCUT2D eigenvalue weighted by atomic mass is 10.1. The third-order valence-electron chi connectivity index (χ3n) is 5.71. The Hall–Kier alpha value is -2.67. The Labute approximate surface area is 157 Å². The lowest BCUT2D eigenvalue weighted by molar-refractivity contribution is -0.134. The van der Waals surface area contributed by atoms with Gasteiger partial charge in [0.1, 0.15) is 6.54 Å². The van der Waals surface area contributed by atoms with Crippen LogP contribution in [0.3, 0.4) is 0 Å². The topological polar surface area (TPSA) is 78.4 Å². The normalized spacial score (nSPS) is 17.9. The molecule has 142 valence electrons. The molecule has 1 fully saturated rings. The molecule has 2 aliphatic rings. The molecule has 7 nitrogen and oxygen atoms in total. The van der Waals surface area contributed by atoms with Crippen molar-refractivity contribution in [1.82, 2.24) is 19.4 Å². The van der Waals surface area contributed by atoms with Crippen molar-refractivity contribution >= 4 is 5.91 Å². The maximum atomic E-state index is 12.6. The molecule has 0 radical (unpaired) electrons. The number of rotatable bonds is 3. The third-order valence-corrected chi connectivity index (χ3v) is 5.71. The zero-order valence-corrected chi connectivity index (χ0v) is 15.5. The minimum absolute atomic E-state index is 0.0364. The second-order valence-electron chi connectivity index (χ2n) is 7.45. The number of hydrogen-bond acceptors (Lipinski definition) is 4. The summed E-state index contributed by atoms with van der Waals surface area (Å²) in [5.74, 6) is -0.0853. The molecule has 1 saturated heterocycles. The van der Waals surface area contributed by atoms with Crippen LogP contribution in [0, 0.1) is 6.92 Å². The molecule has 1 aliphatic heterocycles. The van der Waals surface area contributed by atoms with Crippen molar-refractivity contribution in [1.29, 1.82) is 0 Å². The second kappa shape index (κ2) is 7.15. The maximum Gasteiger partial charge on any atom is 0.328 e. The molecule has 0 bridgehead atoms. The third kappa shape index (κ3) is 3.60. The first-order valence-electron chi connectivity index (χ1n) is 9.40. The molecule has 1 aliphatic carbocycles. The summed E-state index contributed by atoms with van der Waals surface area (Å²) in [7, 11) is 0. The van der Waals surface area contributed by atoms with E-state index in [4.69, 9.17) is 0 Å². The summed E-state index contributed by atoms with van der Waals surface area (Å²) in [6.45, 7) is 4.63. The van der Waals surface area contributed by atoms with E-state index in [1.54, 1.807) is 6.92 Å². The Morgan fingerprint density at radius 1 is 1.07 bits per heavy atom. The number of nitrogens with zero attached hydrogens (tertiary/aromatic N) is 3. The summed E-state index contributed by atoms with van der Waals surface area (Å²) >= 11 is 0. The van der Waals surface area contributed by atoms with Gasteiger partial charge in [-0.3, -0.25) is 24.0 Å². The van der Waals surface area contributed by atoms with E-state index in [-0.39, 0.29) is 12.5 Å². The minimum Gasteiger partial charge on any atom is -0.339 e. The van der Waals surface area contributed by atoms with Gasteiger partial charge in [-0.25, -0.2) is 4.79 Å². The van der Waals surface area contributed by atoms with Gasteiger partial charge < -0.3 is 4.90 Å². The summed E-state index contributed by atoms with van der Waals surface area (Å²) < 4.78 is 1.28. The molecule has 1 aromatic carbocycles. The number of benzene rings is 1. The fourth-order valence-corrected chi connectivity index (χ4v) is 4.11. The van der Waals surface area contributed by atoms with Gasteiger partial charge in [0.2, 0.25) is 5.91 Å². The van der Waals surface area contributed by atoms with E-state index in [0.717, 1.165) is 25.9 Å². The molecule has 0 saturated carbocycles. The number of aromatic nitrogens is 2. The first-order chi connectivity index (χ1) is 13.0. The highest BCUT2D eigenvalue weighted by molar-refractivity contribution is 5.76. The number of amides is 1. The average molecular weight is 368 g/mol. The van der Waals surface area contributed by atoms with Gasteiger partial charge in [-0.1, -0.05) is 24.3 Å². The van der Waals surface area contributed by atoms with Gasteiger partial charge in [0.05, 0.1) is 0 Å². The number of fused-ring (bicyclic) bond motifs is 1. The number of piperazine rings is 1. The van der Waals surface area contributed by atoms with Crippen molar-refractivity contribution < 1.29 is 4.79 Å². The highest BCUT2D eigenvalue weighted by Crippen LogP contribution is 2.26. The van der Waals surface area contributed by atoms with E-state index in [2.05, 4.69) is 34.1 Å². The standard InChI is InChI=1S/C20H24N4O3/c1-14-12-24(20(27)21-19(14)26)13-18(25)23-8-6-22(7-9-23)17-10-15-4-2-3-5-16(15)11-17/h2-5,12,17H,6-11,13H2,1H3,(H,21,26,27). The highest BCUT2D eigenvalue weighted by atomic mass is 16.2. The van der Waals surface area contributed by atoms with Crippen molar-refractivity contribution in [2.24, 2.45) is 0 Å². The van der Waals surface area contributed by atoms with E-state index in [1.807, 2.05) is 4.90 Å². The van der Waals surface area contributed by atoms with Gasteiger partial charge in [0.15, 0.2) is 0 Å². The summed E-state index contributed by atoms with van der Waals surface area (Å²) in [6.07, 6.45) is 3.61. The van der Waals surface area contributed by atoms with Crippen LogP contribution in [-0.2, 0) is 24.2 Å². The van der Waals surface area contributed by atoms with E-state index < -0.39 is 11.2 Å². The van der Waals surface area contributed by atoms with Gasteiger partial charge >= 0.3 is 5.69 Å². The van der Waals surface area contributed by atoms with E-state index in [0.29, 0.717) is 24.7 Å². The molecule has 0 spiro atoms. The SMILES string of the molecule is Cc1cn(CC(=O)N2CCN(C3Cc4ccccc4C3)CC2)c(=O)[nH]c1=O. The largest absolute Gasteiger partial charge is 0.339 e. The molecule has 27 heavy (non-hydrogen) atoms. The molecule has 1 N–H and O–H groups in total. The number of hydrogen-bond donors (Lipinski definition) is 1. The Morgan fingerprint density at radius 2 is 1.70 bits per heavy atom. The zero-order valence-electron chi connectivity index (χ0n) is 15.5. The smallest absolute Gasteiger partial charge is 0.328 e. The lowest BCUT2D eigenvalue weighted by Gasteiger charge is -2.38. The first-order valence-corrected chi connectivity index (χ1v) is 9.40. The van der Waals surface area contributed by atoms with Gasteiger partial charge in [0.25, 0.3) is 5.56 Å². The van der Waals surface area contributed by atoms with Crippen LogP contribution in [0.25, 0.3) is 0 Å². The van der Waals surface area contributed by atoms with Gasteiger partial charge in [-0.2, -0.15) is 0 Å². The predicted molar refractivity (Wildman–Crippen MR) is 102 cm³/mol. The van der Waals surface area contributed by atoms with E-state index in [9.17, 15) is 14.4 Å². The average Bonchev–Trinajstić information content (AvgIpc) is 3.10. The summed E-state index contributed by atoms with van der Waals surface area (Å²) in [5, 5.41) is 0. The number of carbonyl (C=O) groups is 1. The number of aromatic amines is 1. The fraction of sp³-hybridized carbons (Fsp3) is 0.450. The van der Waals surface area contributed by atoms with Crippen molar-refractivity contribution in [2.45, 2.75) is 32.4 Å². The van der Waals surface area contributed by atoms with Gasteiger partial charge in [-0.15, -0.1) is 0 Å². The van der Waals surface area contributed by atoms with Crippen LogP contribution in [0.4, 0.5) is 0 Å². The minimum atomic E-state index is -0.540. The highest BCUT2D eigenvalue weighted by Gasteiger charge is 2.30.